The van der Waals surface area contributed by atoms with Crippen LogP contribution in [-0.2, 0) is 0 Å². The van der Waals surface area contributed by atoms with Gasteiger partial charge in [-0.3, -0.25) is 4.98 Å². The van der Waals surface area contributed by atoms with Crippen molar-refractivity contribution in [2.45, 2.75) is 31.5 Å². The van der Waals surface area contributed by atoms with E-state index in [1.165, 1.54) is 0 Å². The summed E-state index contributed by atoms with van der Waals surface area (Å²) in [5.74, 6) is 0.166. The van der Waals surface area contributed by atoms with Gasteiger partial charge in [0.2, 0.25) is 0 Å². The molecule has 1 aromatic rings. The van der Waals surface area contributed by atoms with Crippen molar-refractivity contribution in [1.29, 1.82) is 0 Å². The summed E-state index contributed by atoms with van der Waals surface area (Å²) in [5, 5.41) is 2.06. The van der Waals surface area contributed by atoms with Gasteiger partial charge in [-0.25, -0.2) is 9.82 Å². The maximum atomic E-state index is 14.0. The third-order valence-electron chi connectivity index (χ3n) is 3.84. The van der Waals surface area contributed by atoms with Crippen LogP contribution < -0.4 is 10.4 Å². The normalized spacial score (nSPS) is 37.8. The minimum atomic E-state index is -0.717. The number of hydrogen-bond acceptors (Lipinski definition) is 3. The van der Waals surface area contributed by atoms with Gasteiger partial charge < -0.3 is 5.01 Å². The van der Waals surface area contributed by atoms with Crippen LogP contribution in [0.2, 0.25) is 0 Å². The third-order valence-corrected chi connectivity index (χ3v) is 3.84. The quantitative estimate of drug-likeness (QED) is 0.785. The minimum absolute atomic E-state index is 0.166. The molecule has 2 fully saturated rings. The lowest BCUT2D eigenvalue weighted by atomic mass is 9.94. The van der Waals surface area contributed by atoms with Crippen molar-refractivity contribution in [3.63, 3.8) is 0 Å². The van der Waals surface area contributed by atoms with Gasteiger partial charge in [0.15, 0.2) is 0 Å². The minimum Gasteiger partial charge on any atom is -0.307 e. The van der Waals surface area contributed by atoms with E-state index in [0.717, 1.165) is 25.1 Å². The Hall–Kier alpha value is -1.16. The van der Waals surface area contributed by atoms with Gasteiger partial charge in [-0.15, -0.1) is 0 Å². The fraction of sp³-hybridized carbons (Fsp3) is 0.583. The Kier molecular flexibility index (Phi) is 2.14. The highest BCUT2D eigenvalue weighted by molar-refractivity contribution is 5.45. The van der Waals surface area contributed by atoms with Crippen LogP contribution >= 0.6 is 0 Å². The highest BCUT2D eigenvalue weighted by atomic mass is 19.1. The Morgan fingerprint density at radius 1 is 1.50 bits per heavy atom. The van der Waals surface area contributed by atoms with Crippen molar-refractivity contribution in [3.05, 3.63) is 24.5 Å². The summed E-state index contributed by atoms with van der Waals surface area (Å²) < 4.78 is 14.0. The molecule has 16 heavy (non-hydrogen) atoms. The van der Waals surface area contributed by atoms with E-state index >= 15 is 0 Å². The Labute approximate surface area is 94.6 Å². The molecule has 1 aliphatic carbocycles. The van der Waals surface area contributed by atoms with Gasteiger partial charge >= 0.3 is 0 Å². The largest absolute Gasteiger partial charge is 0.307 e. The number of aromatic nitrogens is 1. The highest BCUT2D eigenvalue weighted by Gasteiger charge is 2.50. The lowest BCUT2D eigenvalue weighted by Crippen LogP contribution is -2.62. The lowest BCUT2D eigenvalue weighted by Gasteiger charge is -2.42. The second kappa shape index (κ2) is 3.42. The maximum Gasteiger partial charge on any atom is 0.124 e. The average Bonchev–Trinajstić information content (AvgIpc) is 2.51. The number of pyridine rings is 1. The molecule has 2 heterocycles. The van der Waals surface area contributed by atoms with Crippen molar-refractivity contribution < 1.29 is 4.39 Å². The highest BCUT2D eigenvalue weighted by Crippen LogP contribution is 2.41. The molecular weight excluding hydrogens is 205 g/mol. The van der Waals surface area contributed by atoms with Gasteiger partial charge in [-0.05, 0) is 31.9 Å². The van der Waals surface area contributed by atoms with E-state index < -0.39 is 6.17 Å². The van der Waals surface area contributed by atoms with Crippen molar-refractivity contribution in [1.82, 2.24) is 10.4 Å². The first kappa shape index (κ1) is 10.0. The van der Waals surface area contributed by atoms with Gasteiger partial charge in [-0.2, -0.15) is 0 Å². The van der Waals surface area contributed by atoms with Crippen LogP contribution in [-0.4, -0.2) is 23.2 Å². The molecule has 3 rings (SSSR count). The smallest absolute Gasteiger partial charge is 0.124 e. The van der Waals surface area contributed by atoms with Crippen LogP contribution in [0, 0.1) is 5.92 Å². The maximum absolute atomic E-state index is 14.0. The summed E-state index contributed by atoms with van der Waals surface area (Å²) in [7, 11) is 0. The molecule has 3 atom stereocenters. The van der Waals surface area contributed by atoms with Crippen LogP contribution in [0.25, 0.3) is 0 Å². The predicted octanol–water partition coefficient (Wildman–Crippen LogP) is 1.91. The molecule has 1 aliphatic heterocycles. The Bertz CT molecular complexity index is 383. The lowest BCUT2D eigenvalue weighted by molar-refractivity contribution is 0.124. The van der Waals surface area contributed by atoms with Crippen LogP contribution in [0.4, 0.5) is 10.1 Å². The Balaban J connectivity index is 1.87. The van der Waals surface area contributed by atoms with Gasteiger partial charge in [0.1, 0.15) is 6.17 Å². The number of nitrogens with zero attached hydrogens (tertiary/aromatic N) is 2. The number of rotatable bonds is 1. The fourth-order valence-corrected chi connectivity index (χ4v) is 2.87. The molecule has 1 unspecified atom stereocenters. The monoisotopic (exact) mass is 221 g/mol. The van der Waals surface area contributed by atoms with E-state index in [1.807, 2.05) is 19.1 Å². The van der Waals surface area contributed by atoms with Crippen LogP contribution in [0.5, 0.6) is 0 Å². The zero-order valence-electron chi connectivity index (χ0n) is 9.36. The molecule has 2 aliphatic rings. The number of hydrogen-bond donors (Lipinski definition) is 1. The number of hydrazine groups is 1. The van der Waals surface area contributed by atoms with E-state index in [9.17, 15) is 4.39 Å². The van der Waals surface area contributed by atoms with Crippen LogP contribution in [0.15, 0.2) is 24.5 Å². The van der Waals surface area contributed by atoms with Crippen molar-refractivity contribution in [2.24, 2.45) is 5.92 Å². The summed E-state index contributed by atoms with van der Waals surface area (Å²) in [4.78, 5) is 4.00. The van der Waals surface area contributed by atoms with E-state index in [1.54, 1.807) is 12.4 Å². The molecule has 3 nitrogen and oxygen atoms in total. The number of alkyl halides is 1. The number of fused-ring (bicyclic) bond motifs is 2. The average molecular weight is 221 g/mol. The standard InChI is InChI=1S/C12H16FN3/c1-12-5-2-9(11(12)13)8-16(15-12)10-3-6-14-7-4-10/h3-4,6-7,9,11,15H,2,5,8H2,1H3/t9-,11?,12+/m0/s1. The second-order valence-electron chi connectivity index (χ2n) is 5.05. The Morgan fingerprint density at radius 2 is 2.25 bits per heavy atom. The summed E-state index contributed by atoms with van der Waals surface area (Å²) in [6.45, 7) is 2.73. The Morgan fingerprint density at radius 3 is 2.94 bits per heavy atom. The molecule has 86 valence electrons. The summed E-state index contributed by atoms with van der Waals surface area (Å²) >= 11 is 0. The van der Waals surface area contributed by atoms with Crippen molar-refractivity contribution in [2.75, 3.05) is 11.6 Å². The second-order valence-corrected chi connectivity index (χ2v) is 5.05. The summed E-state index contributed by atoms with van der Waals surface area (Å²) in [6.07, 6.45) is 4.71. The SMILES string of the molecule is C[C@]12CC[C@@H](CN(c3ccncc3)N1)C2F. The molecule has 4 heteroatoms. The van der Waals surface area contributed by atoms with Crippen molar-refractivity contribution in [3.8, 4) is 0 Å². The first-order valence-corrected chi connectivity index (χ1v) is 5.78. The zero-order valence-corrected chi connectivity index (χ0v) is 9.36. The van der Waals surface area contributed by atoms with Crippen LogP contribution in [0.3, 0.4) is 0 Å². The van der Waals surface area contributed by atoms with Gasteiger partial charge in [0.05, 0.1) is 11.2 Å². The molecule has 1 saturated carbocycles. The first-order chi connectivity index (χ1) is 7.69. The fourth-order valence-electron chi connectivity index (χ4n) is 2.87. The van der Waals surface area contributed by atoms with E-state index in [0.29, 0.717) is 0 Å². The van der Waals surface area contributed by atoms with Gasteiger partial charge in [0.25, 0.3) is 0 Å². The first-order valence-electron chi connectivity index (χ1n) is 5.78. The zero-order chi connectivity index (χ0) is 11.2. The van der Waals surface area contributed by atoms with Crippen LogP contribution in [0.1, 0.15) is 19.8 Å². The summed E-state index contributed by atoms with van der Waals surface area (Å²) in [5.41, 5.74) is 4.00. The molecular formula is C12H16FN3. The molecule has 1 aromatic heterocycles. The number of anilines is 1. The molecule has 2 bridgehead atoms. The van der Waals surface area contributed by atoms with E-state index in [4.69, 9.17) is 0 Å². The van der Waals surface area contributed by atoms with Gasteiger partial charge in [-0.1, -0.05) is 0 Å². The molecule has 1 N–H and O–H groups in total. The number of halogens is 1. The predicted molar refractivity (Wildman–Crippen MR) is 60.7 cm³/mol. The molecule has 0 aromatic carbocycles. The van der Waals surface area contributed by atoms with E-state index in [-0.39, 0.29) is 11.5 Å². The van der Waals surface area contributed by atoms with Crippen molar-refractivity contribution >= 4 is 5.69 Å². The topological polar surface area (TPSA) is 28.2 Å². The third kappa shape index (κ3) is 1.40. The summed E-state index contributed by atoms with van der Waals surface area (Å²) in [6, 6.07) is 3.91. The van der Waals surface area contributed by atoms with E-state index in [2.05, 4.69) is 15.4 Å². The molecule has 1 saturated heterocycles. The number of nitrogens with one attached hydrogen (secondary N) is 1. The molecule has 0 radical (unpaired) electrons. The molecule has 0 amide bonds. The van der Waals surface area contributed by atoms with Gasteiger partial charge in [0, 0.05) is 24.9 Å². The molecule has 0 spiro atoms.